The summed E-state index contributed by atoms with van der Waals surface area (Å²) in [6.45, 7) is 6.22. The van der Waals surface area contributed by atoms with E-state index in [-0.39, 0.29) is 44.0 Å². The highest BCUT2D eigenvalue weighted by Crippen LogP contribution is 2.13. The molecule has 1 atom stereocenters. The van der Waals surface area contributed by atoms with Crippen LogP contribution in [0.15, 0.2) is 170 Å². The molecule has 0 aromatic carbocycles. The van der Waals surface area contributed by atoms with Gasteiger partial charge in [0.15, 0.2) is 6.10 Å². The first-order valence-electron chi connectivity index (χ1n) is 29.6. The Morgan fingerprint density at radius 1 is 0.267 bits per heavy atom. The van der Waals surface area contributed by atoms with Gasteiger partial charge in [0.05, 0.1) is 0 Å². The smallest absolute Gasteiger partial charge is 0.306 e. The molecule has 0 amide bonds. The van der Waals surface area contributed by atoms with Gasteiger partial charge >= 0.3 is 17.9 Å². The Bertz CT molecular complexity index is 1750. The van der Waals surface area contributed by atoms with Gasteiger partial charge in [-0.1, -0.05) is 229 Å². The first kappa shape index (κ1) is 69.8. The van der Waals surface area contributed by atoms with E-state index in [2.05, 4.69) is 191 Å². The minimum absolute atomic E-state index is 0.118. The summed E-state index contributed by atoms with van der Waals surface area (Å²) >= 11 is 0. The van der Waals surface area contributed by atoms with Crippen molar-refractivity contribution in [3.8, 4) is 0 Å². The van der Waals surface area contributed by atoms with Gasteiger partial charge in [-0.3, -0.25) is 14.4 Å². The largest absolute Gasteiger partial charge is 0.462 e. The monoisotopic (exact) mass is 1030 g/mol. The maximum atomic E-state index is 12.9. The molecule has 0 aliphatic rings. The molecule has 0 saturated carbocycles. The number of carbonyl (C=O) groups is 3. The van der Waals surface area contributed by atoms with E-state index >= 15 is 0 Å². The Labute approximate surface area is 460 Å². The molecule has 0 spiro atoms. The molecule has 0 bridgehead atoms. The first-order chi connectivity index (χ1) is 37.0. The molecule has 0 heterocycles. The molecule has 418 valence electrons. The number of unbranched alkanes of at least 4 members (excludes halogenated alkanes) is 12. The van der Waals surface area contributed by atoms with E-state index in [0.29, 0.717) is 12.8 Å². The fraction of sp³-hybridized carbons (Fsp3) is 0.551. The molecule has 0 aliphatic heterocycles. The van der Waals surface area contributed by atoms with Crippen LogP contribution in [0.25, 0.3) is 0 Å². The SMILES string of the molecule is CC/C=C\C/C=C\C/C=C\C/C=C\C/C=C\C/C=C\CCCCC(=O)OCC(COC(=O)CCCCCCC/C=C\C/C=C\C/C=C\CC)OC(=O)CCCCCCC/C=C\C/C=C\C/C=C\C/C=C\C/C=C\CC. The lowest BCUT2D eigenvalue weighted by Crippen LogP contribution is -2.30. The van der Waals surface area contributed by atoms with Crippen LogP contribution in [0.2, 0.25) is 0 Å². The normalized spacial score (nSPS) is 13.4. The Balaban J connectivity index is 4.57. The van der Waals surface area contributed by atoms with Crippen LogP contribution in [0.3, 0.4) is 0 Å². The number of carbonyl (C=O) groups excluding carboxylic acids is 3. The van der Waals surface area contributed by atoms with Gasteiger partial charge in [0.1, 0.15) is 13.2 Å². The van der Waals surface area contributed by atoms with Crippen LogP contribution in [0.5, 0.6) is 0 Å². The third-order valence-electron chi connectivity index (χ3n) is 11.7. The average molecular weight is 1030 g/mol. The Kier molecular flexibility index (Phi) is 57.0. The van der Waals surface area contributed by atoms with Crippen LogP contribution < -0.4 is 0 Å². The van der Waals surface area contributed by atoms with Crippen molar-refractivity contribution in [2.24, 2.45) is 0 Å². The van der Waals surface area contributed by atoms with Crippen LogP contribution in [0.1, 0.15) is 226 Å². The van der Waals surface area contributed by atoms with E-state index in [1.807, 2.05) is 0 Å². The third-order valence-corrected chi connectivity index (χ3v) is 11.7. The average Bonchev–Trinajstić information content (AvgIpc) is 3.41. The van der Waals surface area contributed by atoms with Gasteiger partial charge in [-0.15, -0.1) is 0 Å². The van der Waals surface area contributed by atoms with Gasteiger partial charge in [0.25, 0.3) is 0 Å². The molecular formula is C69H106O6. The van der Waals surface area contributed by atoms with Crippen LogP contribution in [-0.4, -0.2) is 37.2 Å². The van der Waals surface area contributed by atoms with Gasteiger partial charge < -0.3 is 14.2 Å². The number of hydrogen-bond donors (Lipinski definition) is 0. The fourth-order valence-electron chi connectivity index (χ4n) is 7.37. The summed E-state index contributed by atoms with van der Waals surface area (Å²) in [5.74, 6) is -1.01. The fourth-order valence-corrected chi connectivity index (χ4v) is 7.37. The molecule has 6 nitrogen and oxygen atoms in total. The van der Waals surface area contributed by atoms with Crippen LogP contribution in [0, 0.1) is 0 Å². The predicted octanol–water partition coefficient (Wildman–Crippen LogP) is 20.3. The summed E-state index contributed by atoms with van der Waals surface area (Å²) in [6, 6.07) is 0. The van der Waals surface area contributed by atoms with Crippen molar-refractivity contribution >= 4 is 17.9 Å². The second-order valence-corrected chi connectivity index (χ2v) is 18.8. The second-order valence-electron chi connectivity index (χ2n) is 18.8. The molecule has 75 heavy (non-hydrogen) atoms. The van der Waals surface area contributed by atoms with Crippen molar-refractivity contribution in [1.29, 1.82) is 0 Å². The number of allylic oxidation sites excluding steroid dienone is 28. The Morgan fingerprint density at radius 2 is 0.480 bits per heavy atom. The van der Waals surface area contributed by atoms with Gasteiger partial charge in [-0.2, -0.15) is 0 Å². The molecule has 0 aromatic heterocycles. The summed E-state index contributed by atoms with van der Waals surface area (Å²) in [5.41, 5.74) is 0. The van der Waals surface area contributed by atoms with Crippen molar-refractivity contribution in [2.75, 3.05) is 13.2 Å². The van der Waals surface area contributed by atoms with E-state index in [0.717, 1.165) is 180 Å². The lowest BCUT2D eigenvalue weighted by atomic mass is 10.1. The quantitative estimate of drug-likeness (QED) is 0.0261. The topological polar surface area (TPSA) is 78.9 Å². The van der Waals surface area contributed by atoms with Crippen LogP contribution in [-0.2, 0) is 28.6 Å². The molecular weight excluding hydrogens is 925 g/mol. The maximum Gasteiger partial charge on any atom is 0.306 e. The summed E-state index contributed by atoms with van der Waals surface area (Å²) in [6.07, 6.45) is 90.6. The highest BCUT2D eigenvalue weighted by molar-refractivity contribution is 5.71. The summed E-state index contributed by atoms with van der Waals surface area (Å²) in [7, 11) is 0. The van der Waals surface area contributed by atoms with Gasteiger partial charge in [-0.25, -0.2) is 0 Å². The zero-order valence-electron chi connectivity index (χ0n) is 47.7. The molecule has 0 saturated heterocycles. The first-order valence-corrected chi connectivity index (χ1v) is 29.6. The molecule has 1 unspecified atom stereocenters. The minimum Gasteiger partial charge on any atom is -0.462 e. The molecule has 6 heteroatoms. The van der Waals surface area contributed by atoms with Crippen molar-refractivity contribution in [2.45, 2.75) is 232 Å². The number of hydrogen-bond acceptors (Lipinski definition) is 6. The second kappa shape index (κ2) is 61.3. The van der Waals surface area contributed by atoms with Crippen LogP contribution in [0.4, 0.5) is 0 Å². The molecule has 0 rings (SSSR count). The van der Waals surface area contributed by atoms with Crippen molar-refractivity contribution in [3.05, 3.63) is 170 Å². The third kappa shape index (κ3) is 59.5. The zero-order chi connectivity index (χ0) is 54.3. The van der Waals surface area contributed by atoms with Crippen LogP contribution >= 0.6 is 0 Å². The molecule has 0 aromatic rings. The number of rotatable bonds is 51. The van der Waals surface area contributed by atoms with Gasteiger partial charge in [0.2, 0.25) is 0 Å². The zero-order valence-corrected chi connectivity index (χ0v) is 47.7. The summed E-state index contributed by atoms with van der Waals surface area (Å²) < 4.78 is 16.8. The molecule has 0 fully saturated rings. The number of ether oxygens (including phenoxy) is 3. The Morgan fingerprint density at radius 3 is 0.773 bits per heavy atom. The Hall–Kier alpha value is -5.23. The summed E-state index contributed by atoms with van der Waals surface area (Å²) in [5, 5.41) is 0. The molecule has 0 aliphatic carbocycles. The van der Waals surface area contributed by atoms with Crippen molar-refractivity contribution < 1.29 is 28.6 Å². The highest BCUT2D eigenvalue weighted by atomic mass is 16.6. The van der Waals surface area contributed by atoms with E-state index in [1.54, 1.807) is 0 Å². The van der Waals surface area contributed by atoms with Crippen molar-refractivity contribution in [3.63, 3.8) is 0 Å². The standard InChI is InChI=1S/C69H106O6/c1-4-7-10-13-16-19-22-25-28-30-32-34-36-38-41-44-47-50-53-56-59-62-68(71)74-65-66(64-73-67(70)61-58-55-52-49-46-43-40-27-24-21-18-15-12-9-6-3)75-69(72)63-60-57-54-51-48-45-42-39-37-35-33-31-29-26-23-20-17-14-11-8-5-2/h7-12,16-21,25-29,32-35,38-42,47,50,66H,4-6,13-15,22-24,30-31,36-37,43-46,48-49,51-65H2,1-3H3/b10-7-,11-8-,12-9-,19-16-,20-17-,21-18-,28-25-,29-26-,34-32-,35-33-,40-27-,41-38-,42-39-,50-47-. The molecule has 0 radical (unpaired) electrons. The molecule has 0 N–H and O–H groups in total. The minimum atomic E-state index is -0.825. The predicted molar refractivity (Wildman–Crippen MR) is 325 cm³/mol. The van der Waals surface area contributed by atoms with E-state index in [9.17, 15) is 14.4 Å². The van der Waals surface area contributed by atoms with E-state index in [4.69, 9.17) is 14.2 Å². The lowest BCUT2D eigenvalue weighted by molar-refractivity contribution is -0.167. The van der Waals surface area contributed by atoms with Gasteiger partial charge in [0, 0.05) is 19.3 Å². The number of esters is 3. The van der Waals surface area contributed by atoms with E-state index in [1.165, 1.54) is 0 Å². The van der Waals surface area contributed by atoms with Crippen molar-refractivity contribution in [1.82, 2.24) is 0 Å². The lowest BCUT2D eigenvalue weighted by Gasteiger charge is -2.18. The maximum absolute atomic E-state index is 12.9. The highest BCUT2D eigenvalue weighted by Gasteiger charge is 2.19. The van der Waals surface area contributed by atoms with E-state index < -0.39 is 6.10 Å². The van der Waals surface area contributed by atoms with Gasteiger partial charge in [-0.05, 0) is 148 Å². The summed E-state index contributed by atoms with van der Waals surface area (Å²) in [4.78, 5) is 38.2.